The van der Waals surface area contributed by atoms with Gasteiger partial charge in [-0.2, -0.15) is 0 Å². The monoisotopic (exact) mass is 399 g/mol. The van der Waals surface area contributed by atoms with Gasteiger partial charge >= 0.3 is 0 Å². The topological polar surface area (TPSA) is 57.0 Å². The van der Waals surface area contributed by atoms with Crippen molar-refractivity contribution in [1.29, 1.82) is 0 Å². The number of carbonyl (C=O) groups excluding carboxylic acids is 1. The molecule has 7 heteroatoms. The molecule has 0 radical (unpaired) electrons. The number of nitrogens with zero attached hydrogens (tertiary/aromatic N) is 3. The first-order valence-electron chi connectivity index (χ1n) is 9.10. The first kappa shape index (κ1) is 18.3. The lowest BCUT2D eigenvalue weighted by molar-refractivity contribution is 0.0994. The number of aromatic nitrogens is 3. The van der Waals surface area contributed by atoms with Crippen molar-refractivity contribution in [3.8, 4) is 16.5 Å². The van der Waals surface area contributed by atoms with Gasteiger partial charge in [0.05, 0.1) is 16.7 Å². The van der Waals surface area contributed by atoms with E-state index in [1.165, 1.54) is 11.8 Å². The Hall–Kier alpha value is -2.12. The molecule has 1 atom stereocenters. The summed E-state index contributed by atoms with van der Waals surface area (Å²) in [4.78, 5) is 14.0. The van der Waals surface area contributed by atoms with Crippen LogP contribution in [0.4, 0.5) is 0 Å². The standard InChI is InChI=1S/C20H21N3O2S2/c1-3-25-16-10-6-14(7-11-16)18(24)13(2)27-20-22-21-19(17-5-4-12-26-17)23(20)15-8-9-15/h4-7,10-13,15H,3,8-9H2,1-2H3. The lowest BCUT2D eigenvalue weighted by Crippen LogP contribution is -2.14. The van der Waals surface area contributed by atoms with Gasteiger partial charge in [0.1, 0.15) is 5.75 Å². The molecule has 1 aliphatic carbocycles. The summed E-state index contributed by atoms with van der Waals surface area (Å²) in [5.74, 6) is 1.78. The van der Waals surface area contributed by atoms with E-state index in [0.717, 1.165) is 34.4 Å². The second-order valence-corrected chi connectivity index (χ2v) is 8.72. The molecule has 0 aliphatic heterocycles. The van der Waals surface area contributed by atoms with Crippen LogP contribution in [-0.2, 0) is 0 Å². The van der Waals surface area contributed by atoms with Crippen molar-refractivity contribution in [2.75, 3.05) is 6.61 Å². The maximum Gasteiger partial charge on any atom is 0.192 e. The first-order valence-corrected chi connectivity index (χ1v) is 10.9. The fourth-order valence-corrected chi connectivity index (χ4v) is 4.62. The Bertz CT molecular complexity index is 915. The van der Waals surface area contributed by atoms with E-state index in [1.807, 2.05) is 49.6 Å². The average molecular weight is 400 g/mol. The van der Waals surface area contributed by atoms with Crippen LogP contribution in [0.5, 0.6) is 5.75 Å². The number of ketones is 1. The first-order chi connectivity index (χ1) is 13.2. The van der Waals surface area contributed by atoms with Crippen molar-refractivity contribution in [3.05, 3.63) is 47.3 Å². The summed E-state index contributed by atoms with van der Waals surface area (Å²) >= 11 is 3.15. The zero-order chi connectivity index (χ0) is 18.8. The van der Waals surface area contributed by atoms with Crippen molar-refractivity contribution in [2.24, 2.45) is 0 Å². The van der Waals surface area contributed by atoms with E-state index in [4.69, 9.17) is 4.74 Å². The van der Waals surface area contributed by atoms with E-state index in [-0.39, 0.29) is 11.0 Å². The number of thiophene rings is 1. The fourth-order valence-electron chi connectivity index (χ4n) is 2.92. The quantitative estimate of drug-likeness (QED) is 0.389. The predicted octanol–water partition coefficient (Wildman–Crippen LogP) is 5.10. The lowest BCUT2D eigenvalue weighted by Gasteiger charge is -2.12. The smallest absolute Gasteiger partial charge is 0.192 e. The zero-order valence-corrected chi connectivity index (χ0v) is 16.9. The Morgan fingerprint density at radius 3 is 2.70 bits per heavy atom. The Balaban J connectivity index is 1.52. The third kappa shape index (κ3) is 3.94. The number of Topliss-reactive ketones (excluding diaryl/α,β-unsaturated/α-hetero) is 1. The SMILES string of the molecule is CCOc1ccc(C(=O)C(C)Sc2nnc(-c3cccs3)n2C2CC2)cc1. The minimum Gasteiger partial charge on any atom is -0.494 e. The molecular formula is C20H21N3O2S2. The molecule has 0 spiro atoms. The van der Waals surface area contributed by atoms with E-state index in [9.17, 15) is 4.79 Å². The molecule has 3 aromatic rings. The van der Waals surface area contributed by atoms with Gasteiger partial charge in [-0.3, -0.25) is 9.36 Å². The van der Waals surface area contributed by atoms with E-state index < -0.39 is 0 Å². The zero-order valence-electron chi connectivity index (χ0n) is 15.3. The van der Waals surface area contributed by atoms with Gasteiger partial charge in [0, 0.05) is 11.6 Å². The summed E-state index contributed by atoms with van der Waals surface area (Å²) in [6.45, 7) is 4.49. The highest BCUT2D eigenvalue weighted by atomic mass is 32.2. The molecule has 1 fully saturated rings. The molecule has 0 saturated heterocycles. The number of ether oxygens (including phenoxy) is 1. The number of hydrogen-bond donors (Lipinski definition) is 0. The number of benzene rings is 1. The van der Waals surface area contributed by atoms with Crippen LogP contribution in [0.2, 0.25) is 0 Å². The van der Waals surface area contributed by atoms with Crippen molar-refractivity contribution >= 4 is 28.9 Å². The molecule has 1 saturated carbocycles. The fraction of sp³-hybridized carbons (Fsp3) is 0.350. The molecule has 5 nitrogen and oxygen atoms in total. The molecule has 140 valence electrons. The van der Waals surface area contributed by atoms with Crippen LogP contribution in [0.3, 0.4) is 0 Å². The summed E-state index contributed by atoms with van der Waals surface area (Å²) in [5, 5.41) is 11.4. The number of thioether (sulfide) groups is 1. The molecule has 27 heavy (non-hydrogen) atoms. The van der Waals surface area contributed by atoms with Gasteiger partial charge in [-0.15, -0.1) is 21.5 Å². The maximum absolute atomic E-state index is 12.8. The van der Waals surface area contributed by atoms with Crippen LogP contribution in [0.15, 0.2) is 46.9 Å². The molecule has 0 N–H and O–H groups in total. The predicted molar refractivity (Wildman–Crippen MR) is 109 cm³/mol. The molecule has 2 aromatic heterocycles. The van der Waals surface area contributed by atoms with Gasteiger partial charge in [0.15, 0.2) is 16.8 Å². The van der Waals surface area contributed by atoms with E-state index in [0.29, 0.717) is 18.2 Å². The Morgan fingerprint density at radius 2 is 2.07 bits per heavy atom. The third-order valence-electron chi connectivity index (χ3n) is 4.42. The van der Waals surface area contributed by atoms with Crippen LogP contribution in [0.25, 0.3) is 10.7 Å². The average Bonchev–Trinajstić information content (AvgIpc) is 3.20. The Morgan fingerprint density at radius 1 is 1.30 bits per heavy atom. The largest absolute Gasteiger partial charge is 0.494 e. The molecule has 0 amide bonds. The van der Waals surface area contributed by atoms with E-state index in [2.05, 4.69) is 20.8 Å². The van der Waals surface area contributed by atoms with Gasteiger partial charge in [0.25, 0.3) is 0 Å². The Kier molecular flexibility index (Phi) is 5.31. The minimum absolute atomic E-state index is 0.0890. The molecule has 4 rings (SSSR count). The summed E-state index contributed by atoms with van der Waals surface area (Å²) in [7, 11) is 0. The van der Waals surface area contributed by atoms with Crippen LogP contribution in [-0.4, -0.2) is 32.4 Å². The van der Waals surface area contributed by atoms with Crippen molar-refractivity contribution in [1.82, 2.24) is 14.8 Å². The summed E-state index contributed by atoms with van der Waals surface area (Å²) in [5.41, 5.74) is 0.689. The summed E-state index contributed by atoms with van der Waals surface area (Å²) in [6, 6.07) is 11.9. The highest BCUT2D eigenvalue weighted by Gasteiger charge is 2.31. The number of carbonyl (C=O) groups is 1. The maximum atomic E-state index is 12.8. The molecule has 1 aromatic carbocycles. The van der Waals surface area contributed by atoms with Crippen LogP contribution in [0, 0.1) is 0 Å². The minimum atomic E-state index is -0.235. The lowest BCUT2D eigenvalue weighted by atomic mass is 10.1. The molecule has 2 heterocycles. The molecule has 0 bridgehead atoms. The third-order valence-corrected chi connectivity index (χ3v) is 6.34. The molecule has 1 unspecified atom stereocenters. The van der Waals surface area contributed by atoms with Crippen LogP contribution in [0.1, 0.15) is 43.1 Å². The second-order valence-electron chi connectivity index (χ2n) is 6.47. The molecule has 1 aliphatic rings. The van der Waals surface area contributed by atoms with Gasteiger partial charge in [-0.1, -0.05) is 17.8 Å². The van der Waals surface area contributed by atoms with E-state index >= 15 is 0 Å². The summed E-state index contributed by atoms with van der Waals surface area (Å²) < 4.78 is 7.65. The van der Waals surface area contributed by atoms with Gasteiger partial charge in [-0.05, 0) is 62.4 Å². The van der Waals surface area contributed by atoms with Gasteiger partial charge in [-0.25, -0.2) is 0 Å². The number of hydrogen-bond acceptors (Lipinski definition) is 6. The number of rotatable bonds is 8. The van der Waals surface area contributed by atoms with Crippen molar-refractivity contribution in [2.45, 2.75) is 43.1 Å². The van der Waals surface area contributed by atoms with Crippen molar-refractivity contribution < 1.29 is 9.53 Å². The normalized spacial score (nSPS) is 14.9. The Labute approximate surface area is 166 Å². The molecular weight excluding hydrogens is 378 g/mol. The van der Waals surface area contributed by atoms with Crippen LogP contribution < -0.4 is 4.74 Å². The highest BCUT2D eigenvalue weighted by molar-refractivity contribution is 8.00. The van der Waals surface area contributed by atoms with E-state index in [1.54, 1.807) is 11.3 Å². The van der Waals surface area contributed by atoms with Gasteiger partial charge in [0.2, 0.25) is 0 Å². The summed E-state index contributed by atoms with van der Waals surface area (Å²) in [6.07, 6.45) is 2.29. The second kappa shape index (κ2) is 7.86. The van der Waals surface area contributed by atoms with Crippen LogP contribution >= 0.6 is 23.1 Å². The highest BCUT2D eigenvalue weighted by Crippen LogP contribution is 2.42. The van der Waals surface area contributed by atoms with Gasteiger partial charge < -0.3 is 4.74 Å². The van der Waals surface area contributed by atoms with Crippen molar-refractivity contribution in [3.63, 3.8) is 0 Å².